The van der Waals surface area contributed by atoms with Gasteiger partial charge in [-0.05, 0) is 24.3 Å². The molecule has 0 aliphatic rings. The summed E-state index contributed by atoms with van der Waals surface area (Å²) in [5, 5.41) is -6.37. The normalized spacial score (nSPS) is 14.4. The Morgan fingerprint density at radius 2 is 1.28 bits per heavy atom. The van der Waals surface area contributed by atoms with Gasteiger partial charge in [-0.1, -0.05) is 20.1 Å². The van der Waals surface area contributed by atoms with Crippen LogP contribution in [-0.4, -0.2) is 33.7 Å². The maximum atomic E-state index is 13.5. The molecule has 0 fully saturated rings. The monoisotopic (exact) mass is 483 g/mol. The van der Waals surface area contributed by atoms with Crippen molar-refractivity contribution in [1.82, 2.24) is 4.13 Å². The van der Waals surface area contributed by atoms with Crippen molar-refractivity contribution < 1.29 is 52.3 Å². The number of alkyl halides is 7. The molecule has 0 radical (unpaired) electrons. The van der Waals surface area contributed by atoms with E-state index in [0.29, 0.717) is 16.6 Å². The Morgan fingerprint density at radius 1 is 0.840 bits per heavy atom. The van der Waals surface area contributed by atoms with Gasteiger partial charge in [-0.25, -0.2) is 16.8 Å². The first-order chi connectivity index (χ1) is 10.9. The SMILES string of the molecule is O=S(=O)(NS(=O)(=O)C(F)(F)C(F)(F)Oc1ccc(Br)cc1)C(F)(F)F. The van der Waals surface area contributed by atoms with Crippen LogP contribution < -0.4 is 8.86 Å². The van der Waals surface area contributed by atoms with Crippen molar-refractivity contribution in [3.63, 3.8) is 0 Å². The zero-order valence-electron chi connectivity index (χ0n) is 11.2. The summed E-state index contributed by atoms with van der Waals surface area (Å²) >= 11 is 2.88. The number of benzene rings is 1. The highest BCUT2D eigenvalue weighted by Crippen LogP contribution is 2.40. The number of sulfonamides is 2. The summed E-state index contributed by atoms with van der Waals surface area (Å²) in [6.45, 7) is 0. The van der Waals surface area contributed by atoms with Gasteiger partial charge in [0.25, 0.3) is 0 Å². The van der Waals surface area contributed by atoms with Crippen molar-refractivity contribution in [2.24, 2.45) is 0 Å². The summed E-state index contributed by atoms with van der Waals surface area (Å²) in [7, 11) is -14.0. The zero-order chi connectivity index (χ0) is 19.9. The largest absolute Gasteiger partial charge is 0.512 e. The first kappa shape index (κ1) is 21.9. The topological polar surface area (TPSA) is 89.5 Å². The molecule has 6 nitrogen and oxygen atoms in total. The zero-order valence-corrected chi connectivity index (χ0v) is 14.4. The molecule has 0 unspecified atom stereocenters. The fraction of sp³-hybridized carbons (Fsp3) is 0.333. The molecule has 0 bridgehead atoms. The fourth-order valence-electron chi connectivity index (χ4n) is 1.11. The van der Waals surface area contributed by atoms with Crippen LogP contribution in [0.2, 0.25) is 0 Å². The second kappa shape index (κ2) is 6.55. The molecule has 0 aliphatic carbocycles. The summed E-state index contributed by atoms with van der Waals surface area (Å²) in [6, 6.07) is 3.51. The van der Waals surface area contributed by atoms with Gasteiger partial charge < -0.3 is 4.74 Å². The minimum atomic E-state index is -7.06. The van der Waals surface area contributed by atoms with E-state index in [9.17, 15) is 47.6 Å². The molecule has 144 valence electrons. The van der Waals surface area contributed by atoms with Gasteiger partial charge in [0.2, 0.25) is 0 Å². The van der Waals surface area contributed by atoms with E-state index in [0.717, 1.165) is 12.1 Å². The number of rotatable bonds is 6. The molecule has 1 rings (SSSR count). The van der Waals surface area contributed by atoms with Crippen molar-refractivity contribution in [1.29, 1.82) is 0 Å². The van der Waals surface area contributed by atoms with E-state index in [4.69, 9.17) is 0 Å². The molecule has 0 aliphatic heterocycles. The summed E-state index contributed by atoms with van der Waals surface area (Å²) < 4.78 is 137. The van der Waals surface area contributed by atoms with E-state index in [2.05, 4.69) is 20.7 Å². The van der Waals surface area contributed by atoms with Crippen molar-refractivity contribution in [2.45, 2.75) is 16.9 Å². The average Bonchev–Trinajstić information content (AvgIpc) is 2.38. The molecule has 1 N–H and O–H groups in total. The summed E-state index contributed by atoms with van der Waals surface area (Å²) in [4.78, 5) is 0. The number of ether oxygens (including phenoxy) is 1. The Balaban J connectivity index is 3.21. The average molecular weight is 484 g/mol. The van der Waals surface area contributed by atoms with Crippen molar-refractivity contribution >= 4 is 36.0 Å². The molecule has 0 atom stereocenters. The third-order valence-electron chi connectivity index (χ3n) is 2.26. The lowest BCUT2D eigenvalue weighted by Gasteiger charge is -2.26. The Hall–Kier alpha value is -1.13. The third kappa shape index (κ3) is 4.53. The Labute approximate surface area is 144 Å². The van der Waals surface area contributed by atoms with Crippen molar-refractivity contribution in [3.8, 4) is 5.75 Å². The van der Waals surface area contributed by atoms with Gasteiger partial charge in [-0.2, -0.15) is 30.7 Å². The van der Waals surface area contributed by atoms with E-state index < -0.39 is 46.8 Å². The molecule has 0 heterocycles. The highest BCUT2D eigenvalue weighted by atomic mass is 79.9. The second-order valence-corrected chi connectivity index (χ2v) is 8.70. The van der Waals surface area contributed by atoms with Gasteiger partial charge in [-0.3, -0.25) is 0 Å². The number of halogens is 8. The smallest absolute Gasteiger partial charge is 0.427 e. The van der Waals surface area contributed by atoms with Gasteiger partial charge in [0.1, 0.15) is 5.75 Å². The Bertz CT molecular complexity index is 836. The number of nitrogens with one attached hydrogen (secondary N) is 1. The fourth-order valence-corrected chi connectivity index (χ4v) is 3.68. The van der Waals surface area contributed by atoms with Crippen LogP contribution in [0, 0.1) is 0 Å². The number of hydrogen-bond donors (Lipinski definition) is 1. The second-order valence-electron chi connectivity index (χ2n) is 4.13. The van der Waals surface area contributed by atoms with Crippen LogP contribution in [0.4, 0.5) is 30.7 Å². The van der Waals surface area contributed by atoms with E-state index in [1.54, 1.807) is 0 Å². The molecule has 0 saturated carbocycles. The van der Waals surface area contributed by atoms with Gasteiger partial charge in [0, 0.05) is 4.47 Å². The molecule has 0 amide bonds. The Kier molecular flexibility index (Phi) is 5.74. The lowest BCUT2D eigenvalue weighted by atomic mass is 10.3. The maximum Gasteiger partial charge on any atom is 0.512 e. The predicted molar refractivity (Wildman–Crippen MR) is 71.7 cm³/mol. The van der Waals surface area contributed by atoms with Gasteiger partial charge in [-0.15, -0.1) is 0 Å². The van der Waals surface area contributed by atoms with Crippen LogP contribution in [0.25, 0.3) is 0 Å². The molecular formula is C9H5BrF7NO5S2. The molecular weight excluding hydrogens is 479 g/mol. The molecule has 0 saturated heterocycles. The van der Waals surface area contributed by atoms with Gasteiger partial charge in [0.15, 0.2) is 0 Å². The predicted octanol–water partition coefficient (Wildman–Crippen LogP) is 2.78. The van der Waals surface area contributed by atoms with Crippen molar-refractivity contribution in [2.75, 3.05) is 0 Å². The van der Waals surface area contributed by atoms with Crippen LogP contribution in [-0.2, 0) is 20.0 Å². The number of hydrogen-bond acceptors (Lipinski definition) is 5. The highest BCUT2D eigenvalue weighted by molar-refractivity contribution is 9.10. The molecule has 0 spiro atoms. The van der Waals surface area contributed by atoms with E-state index >= 15 is 0 Å². The van der Waals surface area contributed by atoms with Crippen molar-refractivity contribution in [3.05, 3.63) is 28.7 Å². The standard InChI is InChI=1S/C9H5BrF7NO5S2/c10-5-1-3-6(4-2-5)23-7(11,12)8(13,14)24(19,20)18-25(21,22)9(15,16)17/h1-4,18H. The van der Waals surface area contributed by atoms with E-state index in [-0.39, 0.29) is 0 Å². The summed E-state index contributed by atoms with van der Waals surface area (Å²) in [5.41, 5.74) is -6.34. The molecule has 16 heteroatoms. The molecule has 1 aromatic carbocycles. The molecule has 1 aromatic rings. The summed E-state index contributed by atoms with van der Waals surface area (Å²) in [6.07, 6.45) is -5.91. The highest BCUT2D eigenvalue weighted by Gasteiger charge is 2.70. The minimum Gasteiger partial charge on any atom is -0.427 e. The van der Waals surface area contributed by atoms with E-state index in [1.165, 1.54) is 0 Å². The lowest BCUT2D eigenvalue weighted by Crippen LogP contribution is -2.57. The van der Waals surface area contributed by atoms with Crippen LogP contribution >= 0.6 is 15.9 Å². The maximum absolute atomic E-state index is 13.5. The van der Waals surface area contributed by atoms with E-state index in [1.807, 2.05) is 0 Å². The van der Waals surface area contributed by atoms with Crippen LogP contribution in [0.15, 0.2) is 28.7 Å². The van der Waals surface area contributed by atoms with Crippen LogP contribution in [0.3, 0.4) is 0 Å². The minimum absolute atomic E-state index is 0.306. The van der Waals surface area contributed by atoms with Gasteiger partial charge in [0.05, 0.1) is 0 Å². The Morgan fingerprint density at radius 3 is 1.68 bits per heavy atom. The lowest BCUT2D eigenvalue weighted by molar-refractivity contribution is -0.272. The first-order valence-corrected chi connectivity index (χ1v) is 9.23. The summed E-state index contributed by atoms with van der Waals surface area (Å²) in [5.74, 6) is -0.971. The van der Waals surface area contributed by atoms with Gasteiger partial charge >= 0.3 is 36.9 Å². The molecule has 0 aromatic heterocycles. The molecule has 25 heavy (non-hydrogen) atoms. The third-order valence-corrected chi connectivity index (χ3v) is 6.07. The van der Waals surface area contributed by atoms with Crippen LogP contribution in [0.5, 0.6) is 5.75 Å². The first-order valence-electron chi connectivity index (χ1n) is 5.47. The quantitative estimate of drug-likeness (QED) is 0.628. The van der Waals surface area contributed by atoms with Crippen LogP contribution in [0.1, 0.15) is 0 Å².